The van der Waals surface area contributed by atoms with Crippen LogP contribution in [0, 0.1) is 0 Å². The van der Waals surface area contributed by atoms with Crippen LogP contribution in [0.4, 0.5) is 13.2 Å². The number of nitrogens with one attached hydrogen (secondary N) is 2. The summed E-state index contributed by atoms with van der Waals surface area (Å²) in [6.45, 7) is 0.764. The summed E-state index contributed by atoms with van der Waals surface area (Å²) in [6, 6.07) is 8.94. The van der Waals surface area contributed by atoms with Crippen LogP contribution in [0.5, 0.6) is 0 Å². The third kappa shape index (κ3) is 7.06. The Hall–Kier alpha value is -1.75. The molecule has 0 saturated carbocycles. The fourth-order valence-electron chi connectivity index (χ4n) is 2.48. The molecule has 1 aromatic heterocycles. The van der Waals surface area contributed by atoms with Gasteiger partial charge in [0.2, 0.25) is 0 Å². The molecule has 0 saturated heterocycles. The molecule has 0 fully saturated rings. The van der Waals surface area contributed by atoms with Crippen LogP contribution in [0.25, 0.3) is 0 Å². The quantitative estimate of drug-likeness (QED) is 0.362. The average molecular weight is 496 g/mol. The van der Waals surface area contributed by atoms with E-state index >= 15 is 0 Å². The maximum atomic E-state index is 12.8. The van der Waals surface area contributed by atoms with Gasteiger partial charge >= 0.3 is 6.18 Å². The molecule has 0 aliphatic carbocycles. The van der Waals surface area contributed by atoms with Gasteiger partial charge in [0.15, 0.2) is 5.96 Å². The molecule has 27 heavy (non-hydrogen) atoms. The Bertz CT molecular complexity index is 718. The Morgan fingerprint density at radius 1 is 1.19 bits per heavy atom. The molecule has 0 aliphatic heterocycles. The van der Waals surface area contributed by atoms with Crippen molar-refractivity contribution in [2.45, 2.75) is 18.8 Å². The molecule has 1 atom stereocenters. The lowest BCUT2D eigenvalue weighted by Crippen LogP contribution is -2.41. The Kier molecular flexibility index (Phi) is 9.10. The molecule has 0 aliphatic rings. The number of rotatable bonds is 6. The summed E-state index contributed by atoms with van der Waals surface area (Å²) < 4.78 is 43.8. The van der Waals surface area contributed by atoms with Gasteiger partial charge in [-0.1, -0.05) is 12.1 Å². The number of likely N-dealkylation sites (N-methyl/N-ethyl adjacent to an activating group) is 1. The van der Waals surface area contributed by atoms with E-state index in [9.17, 15) is 13.2 Å². The van der Waals surface area contributed by atoms with Crippen LogP contribution in [0.3, 0.4) is 0 Å². The molecule has 2 aromatic rings. The summed E-state index contributed by atoms with van der Waals surface area (Å²) in [5, 5.41) is 6.20. The van der Waals surface area contributed by atoms with Crippen molar-refractivity contribution in [2.24, 2.45) is 4.99 Å². The van der Waals surface area contributed by atoms with Crippen molar-refractivity contribution in [3.63, 3.8) is 0 Å². The minimum Gasteiger partial charge on any atom is -0.468 e. The molecular formula is C18H24F3IN4O. The van der Waals surface area contributed by atoms with Crippen LogP contribution >= 0.6 is 24.0 Å². The van der Waals surface area contributed by atoms with Crippen LogP contribution in [-0.4, -0.2) is 38.5 Å². The van der Waals surface area contributed by atoms with E-state index in [-0.39, 0.29) is 36.6 Å². The minimum absolute atomic E-state index is 0. The van der Waals surface area contributed by atoms with Crippen LogP contribution in [0.1, 0.15) is 22.9 Å². The zero-order valence-corrected chi connectivity index (χ0v) is 17.7. The predicted molar refractivity (Wildman–Crippen MR) is 110 cm³/mol. The number of halogens is 4. The van der Waals surface area contributed by atoms with Crippen molar-refractivity contribution >= 4 is 29.9 Å². The zero-order valence-electron chi connectivity index (χ0n) is 15.4. The molecule has 9 heteroatoms. The molecule has 150 valence electrons. The molecule has 1 unspecified atom stereocenters. The van der Waals surface area contributed by atoms with Gasteiger partial charge in [-0.2, -0.15) is 13.2 Å². The maximum Gasteiger partial charge on any atom is 0.416 e. The summed E-state index contributed by atoms with van der Waals surface area (Å²) in [6.07, 6.45) is -2.73. The molecule has 0 spiro atoms. The highest BCUT2D eigenvalue weighted by Crippen LogP contribution is 2.29. The second kappa shape index (κ2) is 10.5. The van der Waals surface area contributed by atoms with Crippen LogP contribution in [0.15, 0.2) is 52.1 Å². The van der Waals surface area contributed by atoms with Gasteiger partial charge < -0.3 is 15.1 Å². The highest BCUT2D eigenvalue weighted by atomic mass is 127. The molecule has 0 bridgehead atoms. The van der Waals surface area contributed by atoms with Crippen molar-refractivity contribution in [1.29, 1.82) is 0 Å². The number of aliphatic imine (C=N–C) groups is 1. The SMILES string of the molecule is CN=C(NCc1cccc(C(F)(F)F)c1)NCC(c1ccco1)N(C)C.I. The van der Waals surface area contributed by atoms with E-state index in [2.05, 4.69) is 15.6 Å². The second-order valence-electron chi connectivity index (χ2n) is 6.00. The van der Waals surface area contributed by atoms with E-state index in [4.69, 9.17) is 4.42 Å². The fourth-order valence-corrected chi connectivity index (χ4v) is 2.48. The number of benzene rings is 1. The van der Waals surface area contributed by atoms with Gasteiger partial charge in [-0.25, -0.2) is 0 Å². The molecule has 2 N–H and O–H groups in total. The lowest BCUT2D eigenvalue weighted by atomic mass is 10.1. The van der Waals surface area contributed by atoms with Crippen LogP contribution in [0.2, 0.25) is 0 Å². The lowest BCUT2D eigenvalue weighted by molar-refractivity contribution is -0.137. The summed E-state index contributed by atoms with van der Waals surface area (Å²) in [5.74, 6) is 1.32. The molecule has 2 rings (SSSR count). The van der Waals surface area contributed by atoms with E-state index in [0.29, 0.717) is 18.1 Å². The van der Waals surface area contributed by atoms with Crippen LogP contribution < -0.4 is 10.6 Å². The third-order valence-corrected chi connectivity index (χ3v) is 3.90. The molecule has 1 aromatic carbocycles. The van der Waals surface area contributed by atoms with Gasteiger partial charge in [-0.05, 0) is 43.9 Å². The fraction of sp³-hybridized carbons (Fsp3) is 0.389. The molecular weight excluding hydrogens is 472 g/mol. The largest absolute Gasteiger partial charge is 0.468 e. The smallest absolute Gasteiger partial charge is 0.416 e. The van der Waals surface area contributed by atoms with Gasteiger partial charge in [0, 0.05) is 20.1 Å². The number of furan rings is 1. The molecule has 0 amide bonds. The standard InChI is InChI=1S/C18H23F3N4O.HI/c1-22-17(24-12-15(25(2)3)16-8-5-9-26-16)23-11-13-6-4-7-14(10-13)18(19,20)21;/h4-10,15H,11-12H2,1-3H3,(H2,22,23,24);1H. The highest BCUT2D eigenvalue weighted by molar-refractivity contribution is 14.0. The number of hydrogen-bond donors (Lipinski definition) is 2. The van der Waals surface area contributed by atoms with Crippen molar-refractivity contribution in [1.82, 2.24) is 15.5 Å². The molecule has 0 radical (unpaired) electrons. The number of hydrogen-bond acceptors (Lipinski definition) is 3. The second-order valence-corrected chi connectivity index (χ2v) is 6.00. The number of alkyl halides is 3. The predicted octanol–water partition coefficient (Wildman–Crippen LogP) is 3.88. The van der Waals surface area contributed by atoms with Crippen molar-refractivity contribution in [3.05, 3.63) is 59.5 Å². The first kappa shape index (κ1) is 23.3. The van der Waals surface area contributed by atoms with E-state index in [1.54, 1.807) is 19.4 Å². The van der Waals surface area contributed by atoms with E-state index in [1.807, 2.05) is 31.1 Å². The monoisotopic (exact) mass is 496 g/mol. The van der Waals surface area contributed by atoms with Gasteiger partial charge in [0.25, 0.3) is 0 Å². The van der Waals surface area contributed by atoms with E-state index < -0.39 is 11.7 Å². The summed E-state index contributed by atoms with van der Waals surface area (Å²) in [4.78, 5) is 6.12. The Balaban J connectivity index is 0.00000364. The van der Waals surface area contributed by atoms with Gasteiger partial charge in [-0.15, -0.1) is 24.0 Å². The maximum absolute atomic E-state index is 12.8. The highest BCUT2D eigenvalue weighted by Gasteiger charge is 2.30. The first-order valence-electron chi connectivity index (χ1n) is 8.11. The third-order valence-electron chi connectivity index (χ3n) is 3.90. The lowest BCUT2D eigenvalue weighted by Gasteiger charge is -2.23. The number of nitrogens with zero attached hydrogens (tertiary/aromatic N) is 2. The number of guanidine groups is 1. The van der Waals surface area contributed by atoms with Crippen molar-refractivity contribution in [3.8, 4) is 0 Å². The molecule has 5 nitrogen and oxygen atoms in total. The Morgan fingerprint density at radius 3 is 2.48 bits per heavy atom. The van der Waals surface area contributed by atoms with Gasteiger partial charge in [0.1, 0.15) is 5.76 Å². The zero-order chi connectivity index (χ0) is 19.2. The first-order chi connectivity index (χ1) is 12.3. The topological polar surface area (TPSA) is 52.8 Å². The van der Waals surface area contributed by atoms with Crippen molar-refractivity contribution < 1.29 is 17.6 Å². The summed E-state index contributed by atoms with van der Waals surface area (Å²) in [5.41, 5.74) is -0.136. The summed E-state index contributed by atoms with van der Waals surface area (Å²) >= 11 is 0. The van der Waals surface area contributed by atoms with E-state index in [0.717, 1.165) is 17.9 Å². The Labute approximate surface area is 174 Å². The van der Waals surface area contributed by atoms with Crippen LogP contribution in [-0.2, 0) is 12.7 Å². The minimum atomic E-state index is -4.35. The molecule has 1 heterocycles. The average Bonchev–Trinajstić information content (AvgIpc) is 3.11. The summed E-state index contributed by atoms with van der Waals surface area (Å²) in [7, 11) is 5.49. The van der Waals surface area contributed by atoms with Gasteiger partial charge in [-0.3, -0.25) is 9.89 Å². The van der Waals surface area contributed by atoms with Gasteiger partial charge in [0.05, 0.1) is 17.9 Å². The van der Waals surface area contributed by atoms with E-state index in [1.165, 1.54) is 6.07 Å². The Morgan fingerprint density at radius 2 is 1.93 bits per heavy atom. The first-order valence-corrected chi connectivity index (χ1v) is 8.11. The van der Waals surface area contributed by atoms with Crippen molar-refractivity contribution in [2.75, 3.05) is 27.7 Å². The normalized spacial score (nSPS) is 13.2.